The summed E-state index contributed by atoms with van der Waals surface area (Å²) < 4.78 is 27.8. The van der Waals surface area contributed by atoms with Gasteiger partial charge in [0.15, 0.2) is 0 Å². The number of nitrogens with one attached hydrogen (secondary N) is 1. The fourth-order valence-corrected chi connectivity index (χ4v) is 2.38. The summed E-state index contributed by atoms with van der Waals surface area (Å²) in [6.45, 7) is 1.50. The molecule has 0 saturated carbocycles. The molecule has 0 aliphatic carbocycles. The van der Waals surface area contributed by atoms with Crippen molar-refractivity contribution in [1.29, 1.82) is 0 Å². The number of rotatable bonds is 4. The molecule has 17 heavy (non-hydrogen) atoms. The van der Waals surface area contributed by atoms with E-state index >= 15 is 0 Å². The van der Waals surface area contributed by atoms with Crippen molar-refractivity contribution in [1.82, 2.24) is 0 Å². The molecule has 0 radical (unpaired) electrons. The predicted octanol–water partition coefficient (Wildman–Crippen LogP) is 0.925. The van der Waals surface area contributed by atoms with E-state index in [1.807, 2.05) is 6.07 Å². The van der Waals surface area contributed by atoms with Crippen LogP contribution in [0.4, 0.5) is 5.69 Å². The molecule has 3 N–H and O–H groups in total. The van der Waals surface area contributed by atoms with Crippen LogP contribution in [0.25, 0.3) is 0 Å². The highest BCUT2D eigenvalue weighted by atomic mass is 32.2. The quantitative estimate of drug-likeness (QED) is 0.839. The zero-order valence-corrected chi connectivity index (χ0v) is 10.2. The van der Waals surface area contributed by atoms with Crippen molar-refractivity contribution in [3.8, 4) is 0 Å². The van der Waals surface area contributed by atoms with Gasteiger partial charge in [0.2, 0.25) is 10.0 Å². The molecule has 0 bridgehead atoms. The maximum absolute atomic E-state index is 11.2. The first-order chi connectivity index (χ1) is 8.05. The van der Waals surface area contributed by atoms with E-state index in [1.54, 1.807) is 6.07 Å². The first-order valence-electron chi connectivity index (χ1n) is 5.54. The summed E-state index contributed by atoms with van der Waals surface area (Å²) in [6, 6.07) is 6.48. The minimum Gasteiger partial charge on any atom is -0.382 e. The number of sulfonamides is 1. The van der Waals surface area contributed by atoms with Crippen LogP contribution >= 0.6 is 0 Å². The summed E-state index contributed by atoms with van der Waals surface area (Å²) in [4.78, 5) is 0.120. The smallest absolute Gasteiger partial charge is 0.238 e. The van der Waals surface area contributed by atoms with Gasteiger partial charge in [-0.05, 0) is 31.0 Å². The van der Waals surface area contributed by atoms with Gasteiger partial charge in [-0.1, -0.05) is 6.07 Å². The molecule has 1 aromatic carbocycles. The van der Waals surface area contributed by atoms with Gasteiger partial charge < -0.3 is 10.1 Å². The third kappa shape index (κ3) is 3.42. The Morgan fingerprint density at radius 2 is 2.29 bits per heavy atom. The number of hydrogen-bond acceptors (Lipinski definition) is 4. The molecule has 1 aliphatic rings. The second-order valence-electron chi connectivity index (χ2n) is 4.09. The van der Waals surface area contributed by atoms with Gasteiger partial charge in [0.05, 0.1) is 11.0 Å². The van der Waals surface area contributed by atoms with Gasteiger partial charge in [0.25, 0.3) is 0 Å². The van der Waals surface area contributed by atoms with Crippen LogP contribution < -0.4 is 10.5 Å². The second-order valence-corrected chi connectivity index (χ2v) is 5.65. The van der Waals surface area contributed by atoms with Crippen LogP contribution in [-0.2, 0) is 14.8 Å². The van der Waals surface area contributed by atoms with Crippen molar-refractivity contribution in [3.05, 3.63) is 24.3 Å². The van der Waals surface area contributed by atoms with Gasteiger partial charge in [0, 0.05) is 18.8 Å². The lowest BCUT2D eigenvalue weighted by Gasteiger charge is -2.12. The summed E-state index contributed by atoms with van der Waals surface area (Å²) >= 11 is 0. The molecule has 0 spiro atoms. The van der Waals surface area contributed by atoms with E-state index in [4.69, 9.17) is 9.88 Å². The third-order valence-corrected chi connectivity index (χ3v) is 3.63. The van der Waals surface area contributed by atoms with Crippen molar-refractivity contribution in [2.75, 3.05) is 18.5 Å². The Kier molecular flexibility index (Phi) is 3.66. The van der Waals surface area contributed by atoms with E-state index in [1.165, 1.54) is 12.1 Å². The second kappa shape index (κ2) is 5.03. The Labute approximate surface area is 101 Å². The predicted molar refractivity (Wildman–Crippen MR) is 65.3 cm³/mol. The van der Waals surface area contributed by atoms with Crippen molar-refractivity contribution >= 4 is 15.7 Å². The van der Waals surface area contributed by atoms with Crippen LogP contribution in [0, 0.1) is 0 Å². The van der Waals surface area contributed by atoms with E-state index in [0.29, 0.717) is 6.54 Å². The molecule has 1 fully saturated rings. The number of benzene rings is 1. The minimum absolute atomic E-state index is 0.120. The molecule has 5 nitrogen and oxygen atoms in total. The molecule has 1 saturated heterocycles. The zero-order valence-electron chi connectivity index (χ0n) is 9.43. The average molecular weight is 256 g/mol. The normalized spacial score (nSPS) is 20.4. The van der Waals surface area contributed by atoms with Crippen LogP contribution in [0.5, 0.6) is 0 Å². The molecule has 6 heteroatoms. The van der Waals surface area contributed by atoms with Crippen LogP contribution in [0.3, 0.4) is 0 Å². The Morgan fingerprint density at radius 1 is 1.47 bits per heavy atom. The zero-order chi connectivity index (χ0) is 12.3. The van der Waals surface area contributed by atoms with Crippen LogP contribution in [0.2, 0.25) is 0 Å². The maximum Gasteiger partial charge on any atom is 0.238 e. The number of primary sulfonamides is 1. The topological polar surface area (TPSA) is 81.4 Å². The van der Waals surface area contributed by atoms with E-state index < -0.39 is 10.0 Å². The first-order valence-corrected chi connectivity index (χ1v) is 7.09. The first kappa shape index (κ1) is 12.3. The summed E-state index contributed by atoms with van der Waals surface area (Å²) in [5, 5.41) is 8.22. The van der Waals surface area contributed by atoms with Crippen molar-refractivity contribution in [2.24, 2.45) is 5.14 Å². The van der Waals surface area contributed by atoms with Crippen molar-refractivity contribution in [3.63, 3.8) is 0 Å². The summed E-state index contributed by atoms with van der Waals surface area (Å²) in [6.07, 6.45) is 2.35. The maximum atomic E-state index is 11.2. The molecule has 2 rings (SSSR count). The van der Waals surface area contributed by atoms with Gasteiger partial charge in [-0.2, -0.15) is 0 Å². The Balaban J connectivity index is 2.01. The van der Waals surface area contributed by atoms with Gasteiger partial charge in [0.1, 0.15) is 0 Å². The van der Waals surface area contributed by atoms with E-state index in [2.05, 4.69) is 5.32 Å². The van der Waals surface area contributed by atoms with E-state index in [0.717, 1.165) is 25.1 Å². The summed E-state index contributed by atoms with van der Waals surface area (Å²) in [5.41, 5.74) is 0.743. The number of hydrogen-bond donors (Lipinski definition) is 2. The fourth-order valence-electron chi connectivity index (χ4n) is 1.82. The Morgan fingerprint density at radius 3 is 2.94 bits per heavy atom. The standard InChI is InChI=1S/C11H16N2O3S/c12-17(14,15)11-5-1-3-9(7-11)13-8-10-4-2-6-16-10/h1,3,5,7,10,13H,2,4,6,8H2,(H2,12,14,15). The highest BCUT2D eigenvalue weighted by molar-refractivity contribution is 7.89. The number of ether oxygens (including phenoxy) is 1. The fraction of sp³-hybridized carbons (Fsp3) is 0.455. The SMILES string of the molecule is NS(=O)(=O)c1cccc(NCC2CCCO2)c1. The van der Waals surface area contributed by atoms with Crippen LogP contribution in [-0.4, -0.2) is 27.7 Å². The average Bonchev–Trinajstić information content (AvgIpc) is 2.78. The molecule has 1 aliphatic heterocycles. The van der Waals surface area contributed by atoms with Crippen LogP contribution in [0.1, 0.15) is 12.8 Å². The lowest BCUT2D eigenvalue weighted by atomic mass is 10.2. The van der Waals surface area contributed by atoms with Gasteiger partial charge >= 0.3 is 0 Å². The van der Waals surface area contributed by atoms with Gasteiger partial charge in [-0.25, -0.2) is 13.6 Å². The van der Waals surface area contributed by atoms with Crippen molar-refractivity contribution in [2.45, 2.75) is 23.8 Å². The number of nitrogens with two attached hydrogens (primary N) is 1. The molecular weight excluding hydrogens is 240 g/mol. The van der Waals surface area contributed by atoms with Crippen molar-refractivity contribution < 1.29 is 13.2 Å². The highest BCUT2D eigenvalue weighted by Gasteiger charge is 2.15. The number of anilines is 1. The molecule has 1 aromatic rings. The molecule has 0 aromatic heterocycles. The highest BCUT2D eigenvalue weighted by Crippen LogP contribution is 2.16. The van der Waals surface area contributed by atoms with Gasteiger partial charge in [-0.15, -0.1) is 0 Å². The lowest BCUT2D eigenvalue weighted by molar-refractivity contribution is 0.120. The molecule has 1 heterocycles. The summed E-state index contributed by atoms with van der Waals surface area (Å²) in [5.74, 6) is 0. The molecular formula is C11H16N2O3S. The van der Waals surface area contributed by atoms with E-state index in [-0.39, 0.29) is 11.0 Å². The largest absolute Gasteiger partial charge is 0.382 e. The summed E-state index contributed by atoms with van der Waals surface area (Å²) in [7, 11) is -3.63. The molecule has 1 unspecified atom stereocenters. The van der Waals surface area contributed by atoms with Crippen LogP contribution in [0.15, 0.2) is 29.2 Å². The van der Waals surface area contributed by atoms with Gasteiger partial charge in [-0.3, -0.25) is 0 Å². The Hall–Kier alpha value is -1.11. The molecule has 0 amide bonds. The monoisotopic (exact) mass is 256 g/mol. The third-order valence-electron chi connectivity index (χ3n) is 2.72. The van der Waals surface area contributed by atoms with E-state index in [9.17, 15) is 8.42 Å². The molecule has 94 valence electrons. The Bertz CT molecular complexity index is 481. The lowest BCUT2D eigenvalue weighted by Crippen LogP contribution is -2.18. The minimum atomic E-state index is -3.63. The molecule has 1 atom stereocenters.